The molecule has 0 atom stereocenters. The maximum absolute atomic E-state index is 5.98. The van der Waals surface area contributed by atoms with Crippen molar-refractivity contribution in [2.24, 2.45) is 0 Å². The predicted molar refractivity (Wildman–Crippen MR) is 80.8 cm³/mol. The third-order valence-electron chi connectivity index (χ3n) is 3.26. The number of ether oxygens (including phenoxy) is 1. The fraction of sp³-hybridized carbons (Fsp3) is 0.188. The molecule has 1 heterocycles. The summed E-state index contributed by atoms with van der Waals surface area (Å²) in [5, 5.41) is 0. The number of hydrogen-bond donors (Lipinski definition) is 1. The number of benzene rings is 2. The SMILES string of the molecule is Cc1ccc2nc(N)n(CCOc3ccccc3)c2c1. The first-order valence-electron chi connectivity index (χ1n) is 6.64. The summed E-state index contributed by atoms with van der Waals surface area (Å²) < 4.78 is 7.70. The van der Waals surface area contributed by atoms with E-state index in [2.05, 4.69) is 18.0 Å². The van der Waals surface area contributed by atoms with E-state index in [1.165, 1.54) is 5.56 Å². The Kier molecular flexibility index (Phi) is 3.29. The van der Waals surface area contributed by atoms with E-state index in [0.29, 0.717) is 19.1 Å². The number of aryl methyl sites for hydroxylation is 1. The van der Waals surface area contributed by atoms with Gasteiger partial charge in [-0.1, -0.05) is 24.3 Å². The number of nitrogens with zero attached hydrogens (tertiary/aromatic N) is 2. The van der Waals surface area contributed by atoms with Crippen molar-refractivity contribution in [2.45, 2.75) is 13.5 Å². The first kappa shape index (κ1) is 12.5. The molecule has 1 aromatic heterocycles. The molecule has 0 aliphatic carbocycles. The second-order valence-electron chi connectivity index (χ2n) is 4.78. The number of nitrogen functional groups attached to an aromatic ring is 1. The quantitative estimate of drug-likeness (QED) is 0.790. The summed E-state index contributed by atoms with van der Waals surface area (Å²) in [6.45, 7) is 3.31. The lowest BCUT2D eigenvalue weighted by Crippen LogP contribution is -2.10. The summed E-state index contributed by atoms with van der Waals surface area (Å²) in [6, 6.07) is 15.9. The van der Waals surface area contributed by atoms with Gasteiger partial charge in [-0.15, -0.1) is 0 Å². The van der Waals surface area contributed by atoms with E-state index in [9.17, 15) is 0 Å². The van der Waals surface area contributed by atoms with E-state index in [4.69, 9.17) is 10.5 Å². The molecule has 0 aliphatic rings. The number of hydrogen-bond acceptors (Lipinski definition) is 3. The highest BCUT2D eigenvalue weighted by Gasteiger charge is 2.08. The van der Waals surface area contributed by atoms with Crippen molar-refractivity contribution in [3.63, 3.8) is 0 Å². The Balaban J connectivity index is 1.77. The van der Waals surface area contributed by atoms with Crippen molar-refractivity contribution in [1.82, 2.24) is 9.55 Å². The Bertz CT molecular complexity index is 719. The number of nitrogens with two attached hydrogens (primary N) is 1. The molecule has 0 saturated heterocycles. The van der Waals surface area contributed by atoms with Crippen LogP contribution >= 0.6 is 0 Å². The Hall–Kier alpha value is -2.49. The number of fused-ring (bicyclic) bond motifs is 1. The predicted octanol–water partition coefficient (Wildman–Crippen LogP) is 3.01. The van der Waals surface area contributed by atoms with Crippen molar-refractivity contribution in [2.75, 3.05) is 12.3 Å². The monoisotopic (exact) mass is 267 g/mol. The van der Waals surface area contributed by atoms with Crippen LogP contribution in [0, 0.1) is 6.92 Å². The van der Waals surface area contributed by atoms with Crippen molar-refractivity contribution in [3.05, 3.63) is 54.1 Å². The van der Waals surface area contributed by atoms with E-state index < -0.39 is 0 Å². The molecule has 20 heavy (non-hydrogen) atoms. The normalized spacial score (nSPS) is 10.8. The summed E-state index contributed by atoms with van der Waals surface area (Å²) >= 11 is 0. The average Bonchev–Trinajstić information content (AvgIpc) is 2.76. The molecule has 0 bridgehead atoms. The first-order chi connectivity index (χ1) is 9.74. The standard InChI is InChI=1S/C16H17N3O/c1-12-7-8-14-15(11-12)19(16(17)18-14)9-10-20-13-5-3-2-4-6-13/h2-8,11H,9-10H2,1H3,(H2,17,18). The maximum Gasteiger partial charge on any atom is 0.201 e. The molecule has 4 nitrogen and oxygen atoms in total. The molecule has 3 aromatic rings. The van der Waals surface area contributed by atoms with E-state index >= 15 is 0 Å². The number of para-hydroxylation sites is 1. The van der Waals surface area contributed by atoms with Crippen LogP contribution in [0.3, 0.4) is 0 Å². The minimum absolute atomic E-state index is 0.530. The van der Waals surface area contributed by atoms with E-state index in [-0.39, 0.29) is 0 Å². The summed E-state index contributed by atoms with van der Waals surface area (Å²) in [4.78, 5) is 4.37. The van der Waals surface area contributed by atoms with Crippen LogP contribution in [0.4, 0.5) is 5.95 Å². The highest BCUT2D eigenvalue weighted by atomic mass is 16.5. The van der Waals surface area contributed by atoms with Gasteiger partial charge in [-0.05, 0) is 36.8 Å². The van der Waals surface area contributed by atoms with Gasteiger partial charge in [0.15, 0.2) is 0 Å². The van der Waals surface area contributed by atoms with E-state index in [0.717, 1.165) is 16.8 Å². The number of rotatable bonds is 4. The molecule has 0 amide bonds. The molecule has 0 aliphatic heterocycles. The minimum atomic E-state index is 0.530. The lowest BCUT2D eigenvalue weighted by Gasteiger charge is -2.09. The fourth-order valence-corrected chi connectivity index (χ4v) is 2.26. The van der Waals surface area contributed by atoms with Crippen LogP contribution < -0.4 is 10.5 Å². The summed E-state index contributed by atoms with van der Waals surface area (Å²) in [6.07, 6.45) is 0. The topological polar surface area (TPSA) is 53.1 Å². The number of aromatic nitrogens is 2. The molecule has 0 fully saturated rings. The van der Waals surface area contributed by atoms with Crippen LogP contribution in [0.15, 0.2) is 48.5 Å². The van der Waals surface area contributed by atoms with Gasteiger partial charge >= 0.3 is 0 Å². The summed E-state index contributed by atoms with van der Waals surface area (Å²) in [5.41, 5.74) is 9.15. The van der Waals surface area contributed by atoms with Crippen molar-refractivity contribution >= 4 is 17.0 Å². The lowest BCUT2D eigenvalue weighted by atomic mass is 10.2. The van der Waals surface area contributed by atoms with Crippen LogP contribution in [0.1, 0.15) is 5.56 Å². The van der Waals surface area contributed by atoms with Crippen molar-refractivity contribution < 1.29 is 4.74 Å². The van der Waals surface area contributed by atoms with E-state index in [1.807, 2.05) is 47.0 Å². The Morgan fingerprint density at radius 2 is 1.95 bits per heavy atom. The van der Waals surface area contributed by atoms with E-state index in [1.54, 1.807) is 0 Å². The van der Waals surface area contributed by atoms with Crippen molar-refractivity contribution in [1.29, 1.82) is 0 Å². The molecule has 2 aromatic carbocycles. The van der Waals surface area contributed by atoms with Gasteiger partial charge in [0, 0.05) is 0 Å². The van der Waals surface area contributed by atoms with Crippen LogP contribution in [-0.4, -0.2) is 16.2 Å². The maximum atomic E-state index is 5.98. The molecular weight excluding hydrogens is 250 g/mol. The molecule has 0 saturated carbocycles. The van der Waals surface area contributed by atoms with Gasteiger partial charge in [0.1, 0.15) is 12.4 Å². The minimum Gasteiger partial charge on any atom is -0.492 e. The molecule has 2 N–H and O–H groups in total. The lowest BCUT2D eigenvalue weighted by molar-refractivity contribution is 0.301. The Morgan fingerprint density at radius 1 is 1.15 bits per heavy atom. The molecule has 102 valence electrons. The summed E-state index contributed by atoms with van der Waals surface area (Å²) in [5.74, 6) is 1.40. The average molecular weight is 267 g/mol. The van der Waals surface area contributed by atoms with Gasteiger partial charge < -0.3 is 15.0 Å². The van der Waals surface area contributed by atoms with Gasteiger partial charge in [-0.3, -0.25) is 0 Å². The summed E-state index contributed by atoms with van der Waals surface area (Å²) in [7, 11) is 0. The van der Waals surface area contributed by atoms with Gasteiger partial charge in [0.2, 0.25) is 5.95 Å². The molecule has 3 rings (SSSR count). The highest BCUT2D eigenvalue weighted by molar-refractivity contribution is 5.79. The first-order valence-corrected chi connectivity index (χ1v) is 6.64. The van der Waals surface area contributed by atoms with Crippen LogP contribution in [0.25, 0.3) is 11.0 Å². The Morgan fingerprint density at radius 3 is 2.75 bits per heavy atom. The zero-order valence-corrected chi connectivity index (χ0v) is 11.4. The smallest absolute Gasteiger partial charge is 0.201 e. The van der Waals surface area contributed by atoms with Gasteiger partial charge in [-0.25, -0.2) is 4.98 Å². The second-order valence-corrected chi connectivity index (χ2v) is 4.78. The van der Waals surface area contributed by atoms with Crippen molar-refractivity contribution in [3.8, 4) is 5.75 Å². The van der Waals surface area contributed by atoms with Crippen LogP contribution in [0.5, 0.6) is 5.75 Å². The molecule has 4 heteroatoms. The molecule has 0 unspecified atom stereocenters. The molecular formula is C16H17N3O. The fourth-order valence-electron chi connectivity index (χ4n) is 2.26. The number of imidazole rings is 1. The van der Waals surface area contributed by atoms with Gasteiger partial charge in [0.05, 0.1) is 17.6 Å². The zero-order chi connectivity index (χ0) is 13.9. The Labute approximate surface area is 117 Å². The largest absolute Gasteiger partial charge is 0.492 e. The third kappa shape index (κ3) is 2.45. The van der Waals surface area contributed by atoms with Gasteiger partial charge in [-0.2, -0.15) is 0 Å². The molecule has 0 radical (unpaired) electrons. The number of anilines is 1. The third-order valence-corrected chi connectivity index (χ3v) is 3.26. The zero-order valence-electron chi connectivity index (χ0n) is 11.4. The van der Waals surface area contributed by atoms with Gasteiger partial charge in [0.25, 0.3) is 0 Å². The second kappa shape index (κ2) is 5.25. The van der Waals surface area contributed by atoms with Crippen LogP contribution in [0.2, 0.25) is 0 Å². The molecule has 0 spiro atoms. The highest BCUT2D eigenvalue weighted by Crippen LogP contribution is 2.19. The van der Waals surface area contributed by atoms with Crippen LogP contribution in [-0.2, 0) is 6.54 Å².